The standard InChI is InChI=1S/C12H15BrFN3O2/c1-2-4-9(11(15)17-19)16-12(18)7-5-3-6-8(13)10(7)14/h3,5-6,9,19H,2,4H2,1H3,(H2,15,17)(H,16,18). The molecular formula is C12H15BrFN3O2. The minimum Gasteiger partial charge on any atom is -0.409 e. The van der Waals surface area contributed by atoms with Gasteiger partial charge in [-0.3, -0.25) is 4.79 Å². The molecule has 1 unspecified atom stereocenters. The third-order valence-electron chi connectivity index (χ3n) is 2.55. The van der Waals surface area contributed by atoms with Crippen LogP contribution >= 0.6 is 15.9 Å². The van der Waals surface area contributed by atoms with Crippen LogP contribution in [0, 0.1) is 5.82 Å². The Labute approximate surface area is 118 Å². The van der Waals surface area contributed by atoms with E-state index in [1.807, 2.05) is 6.92 Å². The predicted molar refractivity (Wildman–Crippen MR) is 73.7 cm³/mol. The van der Waals surface area contributed by atoms with Gasteiger partial charge in [-0.2, -0.15) is 0 Å². The van der Waals surface area contributed by atoms with Crippen LogP contribution in [0.3, 0.4) is 0 Å². The number of nitrogens with zero attached hydrogens (tertiary/aromatic N) is 1. The van der Waals surface area contributed by atoms with Crippen LogP contribution in [0.5, 0.6) is 0 Å². The second-order valence-electron chi connectivity index (χ2n) is 3.94. The van der Waals surface area contributed by atoms with Gasteiger partial charge in [-0.15, -0.1) is 0 Å². The third-order valence-corrected chi connectivity index (χ3v) is 3.16. The number of nitrogens with two attached hydrogens (primary N) is 1. The molecule has 0 aliphatic heterocycles. The van der Waals surface area contributed by atoms with Gasteiger partial charge in [-0.05, 0) is 34.5 Å². The van der Waals surface area contributed by atoms with Crippen LogP contribution in [0.2, 0.25) is 0 Å². The van der Waals surface area contributed by atoms with E-state index in [1.54, 1.807) is 6.07 Å². The van der Waals surface area contributed by atoms with E-state index in [9.17, 15) is 9.18 Å². The quantitative estimate of drug-likeness (QED) is 0.334. The van der Waals surface area contributed by atoms with Crippen LogP contribution < -0.4 is 11.1 Å². The molecule has 0 heterocycles. The van der Waals surface area contributed by atoms with Crippen LogP contribution in [0.4, 0.5) is 4.39 Å². The normalized spacial score (nSPS) is 13.1. The van der Waals surface area contributed by atoms with Crippen LogP contribution in [-0.2, 0) is 0 Å². The van der Waals surface area contributed by atoms with E-state index in [2.05, 4.69) is 26.4 Å². The van der Waals surface area contributed by atoms with Crippen molar-refractivity contribution in [2.24, 2.45) is 10.9 Å². The second-order valence-corrected chi connectivity index (χ2v) is 4.80. The fourth-order valence-electron chi connectivity index (χ4n) is 1.57. The number of benzene rings is 1. The van der Waals surface area contributed by atoms with Crippen molar-refractivity contribution >= 4 is 27.7 Å². The van der Waals surface area contributed by atoms with Gasteiger partial charge >= 0.3 is 0 Å². The maximum Gasteiger partial charge on any atom is 0.254 e. The number of amidine groups is 1. The number of rotatable bonds is 5. The van der Waals surface area contributed by atoms with Crippen LogP contribution in [0.25, 0.3) is 0 Å². The smallest absolute Gasteiger partial charge is 0.254 e. The molecule has 0 saturated carbocycles. The summed E-state index contributed by atoms with van der Waals surface area (Å²) in [4.78, 5) is 12.0. The predicted octanol–water partition coefficient (Wildman–Crippen LogP) is 2.23. The molecular weight excluding hydrogens is 317 g/mol. The van der Waals surface area contributed by atoms with Crippen LogP contribution in [0.15, 0.2) is 27.8 Å². The molecule has 0 saturated heterocycles. The number of halogens is 2. The van der Waals surface area contributed by atoms with E-state index in [4.69, 9.17) is 10.9 Å². The maximum absolute atomic E-state index is 13.8. The number of nitrogens with one attached hydrogen (secondary N) is 1. The first-order valence-electron chi connectivity index (χ1n) is 5.73. The molecule has 1 rings (SSSR count). The van der Waals surface area contributed by atoms with Gasteiger partial charge in [0.05, 0.1) is 16.1 Å². The third kappa shape index (κ3) is 3.92. The van der Waals surface area contributed by atoms with Crippen molar-refractivity contribution in [1.29, 1.82) is 0 Å². The zero-order chi connectivity index (χ0) is 14.4. The van der Waals surface area contributed by atoms with Gasteiger partial charge in [0.15, 0.2) is 5.84 Å². The van der Waals surface area contributed by atoms with Gasteiger partial charge in [0, 0.05) is 0 Å². The molecule has 0 bridgehead atoms. The van der Waals surface area contributed by atoms with Crippen molar-refractivity contribution in [3.8, 4) is 0 Å². The highest BCUT2D eigenvalue weighted by atomic mass is 79.9. The van der Waals surface area contributed by atoms with Crippen LogP contribution in [0.1, 0.15) is 30.1 Å². The Morgan fingerprint density at radius 3 is 2.89 bits per heavy atom. The molecule has 0 aliphatic rings. The Balaban J connectivity index is 2.91. The van der Waals surface area contributed by atoms with E-state index in [0.29, 0.717) is 6.42 Å². The Morgan fingerprint density at radius 2 is 2.32 bits per heavy atom. The summed E-state index contributed by atoms with van der Waals surface area (Å²) >= 11 is 3.01. The van der Waals surface area contributed by atoms with E-state index >= 15 is 0 Å². The van der Waals surface area contributed by atoms with Gasteiger partial charge in [-0.1, -0.05) is 24.6 Å². The lowest BCUT2D eigenvalue weighted by molar-refractivity contribution is 0.0940. The molecule has 1 aromatic rings. The van der Waals surface area contributed by atoms with Gasteiger partial charge in [0.2, 0.25) is 0 Å². The number of carbonyl (C=O) groups excluding carboxylic acids is 1. The largest absolute Gasteiger partial charge is 0.409 e. The second kappa shape index (κ2) is 7.08. The fraction of sp³-hybridized carbons (Fsp3) is 0.333. The molecule has 19 heavy (non-hydrogen) atoms. The van der Waals surface area contributed by atoms with E-state index in [-0.39, 0.29) is 15.9 Å². The summed E-state index contributed by atoms with van der Waals surface area (Å²) < 4.78 is 14.0. The summed E-state index contributed by atoms with van der Waals surface area (Å²) in [7, 11) is 0. The molecule has 5 nitrogen and oxygen atoms in total. The summed E-state index contributed by atoms with van der Waals surface area (Å²) in [5.74, 6) is -1.36. The van der Waals surface area contributed by atoms with Gasteiger partial charge < -0.3 is 16.3 Å². The molecule has 1 atom stereocenters. The molecule has 0 spiro atoms. The first-order valence-corrected chi connectivity index (χ1v) is 6.52. The van der Waals surface area contributed by atoms with E-state index < -0.39 is 17.8 Å². The molecule has 7 heteroatoms. The van der Waals surface area contributed by atoms with Gasteiger partial charge in [0.25, 0.3) is 5.91 Å². The van der Waals surface area contributed by atoms with Crippen molar-refractivity contribution in [1.82, 2.24) is 5.32 Å². The Kier molecular flexibility index (Phi) is 5.75. The summed E-state index contributed by atoms with van der Waals surface area (Å²) in [5.41, 5.74) is 5.38. The SMILES string of the molecule is CCCC(NC(=O)c1cccc(Br)c1F)/C(N)=N/O. The summed E-state index contributed by atoms with van der Waals surface area (Å²) in [6, 6.07) is 3.80. The topological polar surface area (TPSA) is 87.7 Å². The number of hydrogen-bond donors (Lipinski definition) is 3. The Morgan fingerprint density at radius 1 is 1.63 bits per heavy atom. The average Bonchev–Trinajstić information content (AvgIpc) is 2.40. The summed E-state index contributed by atoms with van der Waals surface area (Å²) in [6.45, 7) is 1.89. The minimum atomic E-state index is -0.644. The van der Waals surface area contributed by atoms with Crippen molar-refractivity contribution in [2.45, 2.75) is 25.8 Å². The zero-order valence-corrected chi connectivity index (χ0v) is 11.9. The first kappa shape index (κ1) is 15.4. The van der Waals surface area contributed by atoms with Crippen LogP contribution in [-0.4, -0.2) is 23.0 Å². The number of hydrogen-bond acceptors (Lipinski definition) is 3. The molecule has 0 aromatic heterocycles. The minimum absolute atomic E-state index is 0.0961. The van der Waals surface area contributed by atoms with Crippen molar-refractivity contribution in [2.75, 3.05) is 0 Å². The molecule has 0 radical (unpaired) electrons. The molecule has 0 aliphatic carbocycles. The summed E-state index contributed by atoms with van der Waals surface area (Å²) in [5, 5.41) is 14.1. The molecule has 4 N–H and O–H groups in total. The molecule has 1 aromatic carbocycles. The zero-order valence-electron chi connectivity index (χ0n) is 10.4. The Bertz CT molecular complexity index is 494. The highest BCUT2D eigenvalue weighted by Gasteiger charge is 2.20. The number of carbonyl (C=O) groups is 1. The number of amides is 1. The summed E-state index contributed by atoms with van der Waals surface area (Å²) in [6.07, 6.45) is 1.22. The Hall–Kier alpha value is -1.63. The molecule has 1 amide bonds. The van der Waals surface area contributed by atoms with Crippen molar-refractivity contribution in [3.05, 3.63) is 34.1 Å². The average molecular weight is 332 g/mol. The van der Waals surface area contributed by atoms with Crippen molar-refractivity contribution < 1.29 is 14.4 Å². The lowest BCUT2D eigenvalue weighted by atomic mass is 10.1. The van der Waals surface area contributed by atoms with Gasteiger partial charge in [-0.25, -0.2) is 4.39 Å². The van der Waals surface area contributed by atoms with Crippen molar-refractivity contribution in [3.63, 3.8) is 0 Å². The highest BCUT2D eigenvalue weighted by molar-refractivity contribution is 9.10. The monoisotopic (exact) mass is 331 g/mol. The fourth-order valence-corrected chi connectivity index (χ4v) is 1.93. The molecule has 0 fully saturated rings. The molecule has 104 valence electrons. The lowest BCUT2D eigenvalue weighted by Gasteiger charge is -2.16. The highest BCUT2D eigenvalue weighted by Crippen LogP contribution is 2.18. The van der Waals surface area contributed by atoms with E-state index in [1.165, 1.54) is 12.1 Å². The maximum atomic E-state index is 13.8. The van der Waals surface area contributed by atoms with E-state index in [0.717, 1.165) is 6.42 Å². The lowest BCUT2D eigenvalue weighted by Crippen LogP contribution is -2.44. The number of oxime groups is 1. The van der Waals surface area contributed by atoms with Gasteiger partial charge in [0.1, 0.15) is 5.82 Å². The first-order chi connectivity index (χ1) is 9.01.